The van der Waals surface area contributed by atoms with Gasteiger partial charge in [0.25, 0.3) is 0 Å². The number of rotatable bonds is 2. The molecule has 6 nitrogen and oxygen atoms in total. The Morgan fingerprint density at radius 3 is 2.05 bits per heavy atom. The summed E-state index contributed by atoms with van der Waals surface area (Å²) in [4.78, 5) is 18.0. The fourth-order valence-electron chi connectivity index (χ4n) is 2.36. The highest BCUT2D eigenvalue weighted by atomic mass is 32.1. The quantitative estimate of drug-likeness (QED) is 0.837. The van der Waals surface area contributed by atoms with E-state index in [1.54, 1.807) is 0 Å². The molecule has 0 saturated carbocycles. The maximum atomic E-state index is 4.53. The van der Waals surface area contributed by atoms with Gasteiger partial charge in [-0.1, -0.05) is 0 Å². The van der Waals surface area contributed by atoms with Crippen molar-refractivity contribution < 1.29 is 0 Å². The third kappa shape index (κ3) is 2.72. The Kier molecular flexibility index (Phi) is 3.52. The van der Waals surface area contributed by atoms with Crippen LogP contribution in [0.5, 0.6) is 0 Å². The molecule has 7 heteroatoms. The highest BCUT2D eigenvalue weighted by molar-refractivity contribution is 7.09. The minimum Gasteiger partial charge on any atom is -0.343 e. The largest absolute Gasteiger partial charge is 0.343 e. The van der Waals surface area contributed by atoms with Crippen molar-refractivity contribution >= 4 is 22.6 Å². The van der Waals surface area contributed by atoms with Gasteiger partial charge in [-0.25, -0.2) is 15.0 Å². The lowest BCUT2D eigenvalue weighted by atomic mass is 10.3. The predicted molar refractivity (Wildman–Crippen MR) is 80.6 cm³/mol. The molecule has 1 aliphatic heterocycles. The van der Waals surface area contributed by atoms with Crippen molar-refractivity contribution in [3.63, 3.8) is 0 Å². The Morgan fingerprint density at radius 2 is 1.50 bits per heavy atom. The number of piperazine rings is 1. The summed E-state index contributed by atoms with van der Waals surface area (Å²) in [6.07, 6.45) is 0. The molecule has 20 heavy (non-hydrogen) atoms. The Morgan fingerprint density at radius 1 is 0.900 bits per heavy atom. The third-order valence-corrected chi connectivity index (χ3v) is 4.19. The summed E-state index contributed by atoms with van der Waals surface area (Å²) in [6, 6.07) is 2.00. The van der Waals surface area contributed by atoms with Crippen molar-refractivity contribution in [1.82, 2.24) is 19.3 Å². The Hall–Kier alpha value is -1.76. The summed E-state index contributed by atoms with van der Waals surface area (Å²) in [5.74, 6) is 1.70. The van der Waals surface area contributed by atoms with Gasteiger partial charge in [0.1, 0.15) is 5.82 Å². The summed E-state index contributed by atoms with van der Waals surface area (Å²) >= 11 is 1.47. The SMILES string of the molecule is Cc1cc(C)nc(N2CCN(c3nc(C)ns3)CC2)n1. The van der Waals surface area contributed by atoms with Gasteiger partial charge in [0.2, 0.25) is 11.1 Å². The number of nitrogens with zero attached hydrogens (tertiary/aromatic N) is 6. The van der Waals surface area contributed by atoms with Crippen LogP contribution in [0.25, 0.3) is 0 Å². The Labute approximate surface area is 122 Å². The van der Waals surface area contributed by atoms with Crippen LogP contribution in [0.4, 0.5) is 11.1 Å². The molecule has 0 unspecified atom stereocenters. The highest BCUT2D eigenvalue weighted by Gasteiger charge is 2.21. The van der Waals surface area contributed by atoms with Gasteiger partial charge in [0, 0.05) is 49.1 Å². The fourth-order valence-corrected chi connectivity index (χ4v) is 3.09. The second-order valence-corrected chi connectivity index (χ2v) is 5.78. The summed E-state index contributed by atoms with van der Waals surface area (Å²) < 4.78 is 4.24. The molecule has 2 aromatic rings. The minimum atomic E-state index is 0.843. The molecule has 0 spiro atoms. The molecule has 3 rings (SSSR count). The van der Waals surface area contributed by atoms with E-state index < -0.39 is 0 Å². The Balaban J connectivity index is 1.69. The zero-order chi connectivity index (χ0) is 14.1. The van der Waals surface area contributed by atoms with E-state index in [-0.39, 0.29) is 0 Å². The average Bonchev–Trinajstić information content (AvgIpc) is 2.84. The molecule has 0 aromatic carbocycles. The minimum absolute atomic E-state index is 0.843. The molecule has 2 aromatic heterocycles. The molecule has 0 bridgehead atoms. The molecule has 0 amide bonds. The van der Waals surface area contributed by atoms with E-state index >= 15 is 0 Å². The van der Waals surface area contributed by atoms with E-state index in [2.05, 4.69) is 29.1 Å². The van der Waals surface area contributed by atoms with Crippen LogP contribution >= 0.6 is 11.5 Å². The van der Waals surface area contributed by atoms with Crippen molar-refractivity contribution in [2.75, 3.05) is 36.0 Å². The topological polar surface area (TPSA) is 58.0 Å². The average molecular weight is 290 g/mol. The smallest absolute Gasteiger partial charge is 0.225 e. The van der Waals surface area contributed by atoms with Crippen molar-refractivity contribution in [3.8, 4) is 0 Å². The molecule has 0 aliphatic carbocycles. The van der Waals surface area contributed by atoms with Crippen LogP contribution in [-0.2, 0) is 0 Å². The lowest BCUT2D eigenvalue weighted by molar-refractivity contribution is 0.636. The van der Waals surface area contributed by atoms with Crippen LogP contribution in [0, 0.1) is 20.8 Å². The van der Waals surface area contributed by atoms with Crippen LogP contribution in [0.2, 0.25) is 0 Å². The predicted octanol–water partition coefficient (Wildman–Crippen LogP) is 1.58. The standard InChI is InChI=1S/C13H18N6S/c1-9-8-10(2)15-12(14-9)18-4-6-19(7-5-18)13-16-11(3)17-20-13/h8H,4-7H2,1-3H3. The van der Waals surface area contributed by atoms with Gasteiger partial charge in [-0.3, -0.25) is 0 Å². The van der Waals surface area contributed by atoms with Gasteiger partial charge < -0.3 is 9.80 Å². The molecular weight excluding hydrogens is 272 g/mol. The van der Waals surface area contributed by atoms with E-state index in [9.17, 15) is 0 Å². The van der Waals surface area contributed by atoms with Gasteiger partial charge >= 0.3 is 0 Å². The zero-order valence-corrected chi connectivity index (χ0v) is 12.8. The third-order valence-electron chi connectivity index (χ3n) is 3.32. The summed E-state index contributed by atoms with van der Waals surface area (Å²) in [6.45, 7) is 9.66. The Bertz CT molecular complexity index is 582. The van der Waals surface area contributed by atoms with E-state index in [4.69, 9.17) is 0 Å². The van der Waals surface area contributed by atoms with Crippen molar-refractivity contribution in [3.05, 3.63) is 23.3 Å². The number of hydrogen-bond acceptors (Lipinski definition) is 7. The maximum Gasteiger partial charge on any atom is 0.225 e. The van der Waals surface area contributed by atoms with Gasteiger partial charge in [-0.2, -0.15) is 4.37 Å². The molecule has 1 aliphatic rings. The molecule has 106 valence electrons. The van der Waals surface area contributed by atoms with Crippen LogP contribution in [0.1, 0.15) is 17.2 Å². The van der Waals surface area contributed by atoms with E-state index in [1.165, 1.54) is 11.5 Å². The van der Waals surface area contributed by atoms with Crippen molar-refractivity contribution in [2.24, 2.45) is 0 Å². The summed E-state index contributed by atoms with van der Waals surface area (Å²) in [5.41, 5.74) is 2.05. The molecular formula is C13H18N6S. The lowest BCUT2D eigenvalue weighted by Gasteiger charge is -2.34. The first-order valence-electron chi connectivity index (χ1n) is 6.74. The second kappa shape index (κ2) is 5.32. The van der Waals surface area contributed by atoms with Crippen molar-refractivity contribution in [1.29, 1.82) is 0 Å². The second-order valence-electron chi connectivity index (χ2n) is 5.05. The molecule has 0 radical (unpaired) electrons. The zero-order valence-electron chi connectivity index (χ0n) is 12.0. The number of hydrogen-bond donors (Lipinski definition) is 0. The first-order chi connectivity index (χ1) is 9.61. The van der Waals surface area contributed by atoms with Gasteiger partial charge in [0.15, 0.2) is 0 Å². The monoisotopic (exact) mass is 290 g/mol. The fraction of sp³-hybridized carbons (Fsp3) is 0.538. The lowest BCUT2D eigenvalue weighted by Crippen LogP contribution is -2.47. The van der Waals surface area contributed by atoms with Gasteiger partial charge in [-0.05, 0) is 26.8 Å². The van der Waals surface area contributed by atoms with Crippen LogP contribution in [0.15, 0.2) is 6.07 Å². The van der Waals surface area contributed by atoms with Crippen LogP contribution in [0.3, 0.4) is 0 Å². The van der Waals surface area contributed by atoms with E-state index in [1.807, 2.05) is 26.8 Å². The first-order valence-corrected chi connectivity index (χ1v) is 7.51. The number of anilines is 2. The van der Waals surface area contributed by atoms with E-state index in [0.29, 0.717) is 0 Å². The molecule has 0 atom stereocenters. The number of aromatic nitrogens is 4. The van der Waals surface area contributed by atoms with Gasteiger partial charge in [0.05, 0.1) is 0 Å². The molecule has 1 saturated heterocycles. The van der Waals surface area contributed by atoms with E-state index in [0.717, 1.165) is 54.5 Å². The summed E-state index contributed by atoms with van der Waals surface area (Å²) in [7, 11) is 0. The molecule has 1 fully saturated rings. The van der Waals surface area contributed by atoms with Crippen molar-refractivity contribution in [2.45, 2.75) is 20.8 Å². The van der Waals surface area contributed by atoms with Crippen LogP contribution in [-0.4, -0.2) is 45.5 Å². The van der Waals surface area contributed by atoms with Gasteiger partial charge in [-0.15, -0.1) is 0 Å². The summed E-state index contributed by atoms with van der Waals surface area (Å²) in [5, 5.41) is 1.02. The normalized spacial score (nSPS) is 15.8. The first kappa shape index (κ1) is 13.2. The maximum absolute atomic E-state index is 4.53. The molecule has 0 N–H and O–H groups in total. The highest BCUT2D eigenvalue weighted by Crippen LogP contribution is 2.20. The molecule has 3 heterocycles. The number of aryl methyl sites for hydroxylation is 3. The van der Waals surface area contributed by atoms with Crippen LogP contribution < -0.4 is 9.80 Å².